The van der Waals surface area contributed by atoms with E-state index in [0.29, 0.717) is 17.3 Å². The summed E-state index contributed by atoms with van der Waals surface area (Å²) in [7, 11) is 0. The lowest BCUT2D eigenvalue weighted by Gasteiger charge is -2.22. The van der Waals surface area contributed by atoms with Gasteiger partial charge in [0.1, 0.15) is 5.75 Å². The Morgan fingerprint density at radius 1 is 1.32 bits per heavy atom. The number of amides is 1. The molecule has 0 bridgehead atoms. The number of nitrogens with zero attached hydrogens (tertiary/aromatic N) is 1. The third-order valence-corrected chi connectivity index (χ3v) is 4.49. The number of carbonyl (C=O) groups excluding carboxylic acids is 1. The molecule has 3 rings (SSSR count). The van der Waals surface area contributed by atoms with E-state index in [4.69, 9.17) is 16.3 Å². The van der Waals surface area contributed by atoms with Gasteiger partial charge in [-0.25, -0.2) is 0 Å². The zero-order chi connectivity index (χ0) is 15.7. The molecule has 0 aliphatic carbocycles. The summed E-state index contributed by atoms with van der Waals surface area (Å²) in [5.74, 6) is 0.460. The second-order valence-corrected chi connectivity index (χ2v) is 6.53. The van der Waals surface area contributed by atoms with E-state index in [9.17, 15) is 4.79 Å². The van der Waals surface area contributed by atoms with Crippen molar-refractivity contribution < 1.29 is 9.53 Å². The van der Waals surface area contributed by atoms with Gasteiger partial charge in [0, 0.05) is 16.7 Å². The summed E-state index contributed by atoms with van der Waals surface area (Å²) in [6, 6.07) is 13.3. The van der Waals surface area contributed by atoms with E-state index < -0.39 is 6.10 Å². The number of hydrogen-bond donors (Lipinski definition) is 0. The summed E-state index contributed by atoms with van der Waals surface area (Å²) in [4.78, 5) is 14.4. The third-order valence-electron chi connectivity index (χ3n) is 3.70. The first-order valence-electron chi connectivity index (χ1n) is 7.07. The summed E-state index contributed by atoms with van der Waals surface area (Å²) in [5.41, 5.74) is 2.18. The van der Waals surface area contributed by atoms with Crippen LogP contribution in [0.15, 0.2) is 46.9 Å². The molecule has 5 heteroatoms. The molecule has 3 nitrogen and oxygen atoms in total. The second-order valence-electron chi connectivity index (χ2n) is 5.20. The summed E-state index contributed by atoms with van der Waals surface area (Å²) in [6.45, 7) is 2.45. The first-order valence-corrected chi connectivity index (χ1v) is 8.24. The largest absolute Gasteiger partial charge is 0.479 e. The quantitative estimate of drug-likeness (QED) is 0.787. The topological polar surface area (TPSA) is 29.5 Å². The lowest BCUT2D eigenvalue weighted by Crippen LogP contribution is -2.39. The standard InChI is InChI=1S/C17H15BrClNO2/c1-11(22-16-7-6-13(18)10-14(16)19)17(21)20-9-8-12-4-2-3-5-15(12)20/h2-7,10-11H,8-9H2,1H3. The van der Waals surface area contributed by atoms with Crippen molar-refractivity contribution in [3.05, 3.63) is 57.5 Å². The van der Waals surface area contributed by atoms with Gasteiger partial charge in [0.25, 0.3) is 5.91 Å². The fraction of sp³-hybridized carbons (Fsp3) is 0.235. The number of hydrogen-bond acceptors (Lipinski definition) is 2. The van der Waals surface area contributed by atoms with Gasteiger partial charge in [0.05, 0.1) is 5.02 Å². The molecule has 0 radical (unpaired) electrons. The van der Waals surface area contributed by atoms with Crippen molar-refractivity contribution in [1.82, 2.24) is 0 Å². The molecule has 0 aromatic heterocycles. The Morgan fingerprint density at radius 3 is 2.86 bits per heavy atom. The molecule has 1 unspecified atom stereocenters. The Balaban J connectivity index is 1.76. The Bertz CT molecular complexity index is 720. The Hall–Kier alpha value is -1.52. The summed E-state index contributed by atoms with van der Waals surface area (Å²) >= 11 is 9.49. The minimum atomic E-state index is -0.593. The minimum absolute atomic E-state index is 0.0519. The van der Waals surface area contributed by atoms with Crippen LogP contribution in [0.5, 0.6) is 5.75 Å². The maximum Gasteiger partial charge on any atom is 0.267 e. The van der Waals surface area contributed by atoms with E-state index >= 15 is 0 Å². The van der Waals surface area contributed by atoms with E-state index in [2.05, 4.69) is 22.0 Å². The molecule has 1 heterocycles. The van der Waals surface area contributed by atoms with Gasteiger partial charge in [-0.05, 0) is 43.2 Å². The monoisotopic (exact) mass is 379 g/mol. The average molecular weight is 381 g/mol. The van der Waals surface area contributed by atoms with Gasteiger partial charge in [0.2, 0.25) is 0 Å². The fourth-order valence-corrected chi connectivity index (χ4v) is 3.32. The predicted octanol–water partition coefficient (Wildman–Crippen LogP) is 4.46. The van der Waals surface area contributed by atoms with Crippen molar-refractivity contribution in [2.24, 2.45) is 0 Å². The molecule has 0 fully saturated rings. The van der Waals surface area contributed by atoms with Crippen LogP contribution in [-0.4, -0.2) is 18.6 Å². The van der Waals surface area contributed by atoms with Gasteiger partial charge in [0.15, 0.2) is 6.10 Å². The predicted molar refractivity (Wildman–Crippen MR) is 91.7 cm³/mol. The van der Waals surface area contributed by atoms with Crippen molar-refractivity contribution in [2.45, 2.75) is 19.4 Å². The highest BCUT2D eigenvalue weighted by Crippen LogP contribution is 2.31. The zero-order valence-electron chi connectivity index (χ0n) is 12.1. The van der Waals surface area contributed by atoms with Crippen molar-refractivity contribution in [3.8, 4) is 5.75 Å². The van der Waals surface area contributed by atoms with Crippen LogP contribution in [0, 0.1) is 0 Å². The van der Waals surface area contributed by atoms with Crippen molar-refractivity contribution >= 4 is 39.1 Å². The van der Waals surface area contributed by atoms with Gasteiger partial charge in [-0.2, -0.15) is 0 Å². The molecule has 0 N–H and O–H groups in total. The zero-order valence-corrected chi connectivity index (χ0v) is 14.4. The lowest BCUT2D eigenvalue weighted by atomic mass is 10.2. The summed E-state index contributed by atoms with van der Waals surface area (Å²) in [5, 5.41) is 0.482. The number of ether oxygens (including phenoxy) is 1. The third kappa shape index (κ3) is 2.99. The number of rotatable bonds is 3. The highest BCUT2D eigenvalue weighted by molar-refractivity contribution is 9.10. The molecule has 22 heavy (non-hydrogen) atoms. The smallest absolute Gasteiger partial charge is 0.267 e. The molecule has 0 saturated carbocycles. The number of carbonyl (C=O) groups is 1. The van der Waals surface area contributed by atoms with Crippen LogP contribution < -0.4 is 9.64 Å². The van der Waals surface area contributed by atoms with Gasteiger partial charge in [-0.15, -0.1) is 0 Å². The van der Waals surface area contributed by atoms with E-state index in [-0.39, 0.29) is 5.91 Å². The van der Waals surface area contributed by atoms with Crippen molar-refractivity contribution in [2.75, 3.05) is 11.4 Å². The van der Waals surface area contributed by atoms with Crippen LogP contribution in [-0.2, 0) is 11.2 Å². The molecule has 1 aliphatic rings. The van der Waals surface area contributed by atoms with Crippen LogP contribution in [0.25, 0.3) is 0 Å². The normalized spacial score (nSPS) is 14.6. The minimum Gasteiger partial charge on any atom is -0.479 e. The molecule has 1 amide bonds. The number of benzene rings is 2. The van der Waals surface area contributed by atoms with Gasteiger partial charge >= 0.3 is 0 Å². The van der Waals surface area contributed by atoms with Gasteiger partial charge in [-0.1, -0.05) is 45.7 Å². The molecule has 1 aliphatic heterocycles. The Labute approximate surface area is 143 Å². The van der Waals surface area contributed by atoms with E-state index in [1.54, 1.807) is 24.0 Å². The molecule has 0 saturated heterocycles. The molecular weight excluding hydrogens is 366 g/mol. The van der Waals surface area contributed by atoms with Gasteiger partial charge < -0.3 is 9.64 Å². The first kappa shape index (κ1) is 15.4. The molecule has 2 aromatic rings. The van der Waals surface area contributed by atoms with Crippen LogP contribution in [0.2, 0.25) is 5.02 Å². The molecule has 1 atom stereocenters. The molecule has 114 valence electrons. The van der Waals surface area contributed by atoms with Crippen molar-refractivity contribution in [1.29, 1.82) is 0 Å². The highest BCUT2D eigenvalue weighted by atomic mass is 79.9. The van der Waals surface area contributed by atoms with Crippen LogP contribution in [0.1, 0.15) is 12.5 Å². The molecule has 2 aromatic carbocycles. The van der Waals surface area contributed by atoms with E-state index in [1.807, 2.05) is 24.3 Å². The molecular formula is C17H15BrClNO2. The van der Waals surface area contributed by atoms with Crippen LogP contribution in [0.4, 0.5) is 5.69 Å². The maximum absolute atomic E-state index is 12.6. The molecule has 0 spiro atoms. The van der Waals surface area contributed by atoms with Crippen molar-refractivity contribution in [3.63, 3.8) is 0 Å². The summed E-state index contributed by atoms with van der Waals surface area (Å²) < 4.78 is 6.62. The number of halogens is 2. The number of anilines is 1. The first-order chi connectivity index (χ1) is 10.6. The SMILES string of the molecule is CC(Oc1ccc(Br)cc1Cl)C(=O)N1CCc2ccccc21. The van der Waals surface area contributed by atoms with E-state index in [1.165, 1.54) is 5.56 Å². The lowest BCUT2D eigenvalue weighted by molar-refractivity contribution is -0.124. The van der Waals surface area contributed by atoms with Gasteiger partial charge in [-0.3, -0.25) is 4.79 Å². The second kappa shape index (κ2) is 6.31. The fourth-order valence-electron chi connectivity index (χ4n) is 2.60. The Kier molecular flexibility index (Phi) is 4.41. The Morgan fingerprint density at radius 2 is 2.09 bits per heavy atom. The maximum atomic E-state index is 12.6. The highest BCUT2D eigenvalue weighted by Gasteiger charge is 2.29. The summed E-state index contributed by atoms with van der Waals surface area (Å²) in [6.07, 6.45) is 0.290. The van der Waals surface area contributed by atoms with Crippen LogP contribution >= 0.6 is 27.5 Å². The van der Waals surface area contributed by atoms with E-state index in [0.717, 1.165) is 16.6 Å². The number of para-hydroxylation sites is 1. The number of fused-ring (bicyclic) bond motifs is 1. The average Bonchev–Trinajstić information content (AvgIpc) is 2.93. The van der Waals surface area contributed by atoms with Crippen LogP contribution in [0.3, 0.4) is 0 Å².